The van der Waals surface area contributed by atoms with E-state index in [2.05, 4.69) is 6.08 Å². The Bertz CT molecular complexity index is 426. The van der Waals surface area contributed by atoms with Gasteiger partial charge in [0.25, 0.3) is 0 Å². The summed E-state index contributed by atoms with van der Waals surface area (Å²) in [6.07, 6.45) is 5.69. The quantitative estimate of drug-likeness (QED) is 0.813. The predicted octanol–water partition coefficient (Wildman–Crippen LogP) is 2.81. The number of hydrogen-bond donors (Lipinski definition) is 1. The SMILES string of the molecule is COc1ccc(C(N)C2=CCCC2)c(OC)c1. The molecule has 1 aliphatic rings. The lowest BCUT2D eigenvalue weighted by atomic mass is 9.98. The summed E-state index contributed by atoms with van der Waals surface area (Å²) in [7, 11) is 3.31. The molecule has 2 N–H and O–H groups in total. The average molecular weight is 233 g/mol. The second-order valence-electron chi connectivity index (χ2n) is 4.26. The fraction of sp³-hybridized carbons (Fsp3) is 0.429. The number of methoxy groups -OCH3 is 2. The highest BCUT2D eigenvalue weighted by molar-refractivity contribution is 5.45. The highest BCUT2D eigenvalue weighted by atomic mass is 16.5. The molecule has 2 rings (SSSR count). The third-order valence-corrected chi connectivity index (χ3v) is 3.25. The molecule has 3 heteroatoms. The van der Waals surface area contributed by atoms with Crippen LogP contribution in [-0.2, 0) is 0 Å². The van der Waals surface area contributed by atoms with E-state index in [4.69, 9.17) is 15.2 Å². The number of nitrogens with two attached hydrogens (primary N) is 1. The van der Waals surface area contributed by atoms with Crippen molar-refractivity contribution in [1.29, 1.82) is 0 Å². The summed E-state index contributed by atoms with van der Waals surface area (Å²) in [6, 6.07) is 5.73. The number of ether oxygens (including phenoxy) is 2. The summed E-state index contributed by atoms with van der Waals surface area (Å²) in [4.78, 5) is 0. The highest BCUT2D eigenvalue weighted by Crippen LogP contribution is 2.35. The van der Waals surface area contributed by atoms with Gasteiger partial charge in [-0.2, -0.15) is 0 Å². The number of benzene rings is 1. The van der Waals surface area contributed by atoms with Crippen LogP contribution in [0.3, 0.4) is 0 Å². The van der Waals surface area contributed by atoms with E-state index in [0.717, 1.165) is 29.9 Å². The maximum Gasteiger partial charge on any atom is 0.127 e. The van der Waals surface area contributed by atoms with Crippen LogP contribution in [0.2, 0.25) is 0 Å². The molecule has 0 spiro atoms. The molecule has 1 aliphatic carbocycles. The summed E-state index contributed by atoms with van der Waals surface area (Å²) < 4.78 is 10.6. The van der Waals surface area contributed by atoms with Crippen molar-refractivity contribution in [3.63, 3.8) is 0 Å². The predicted molar refractivity (Wildman–Crippen MR) is 68.4 cm³/mol. The molecule has 17 heavy (non-hydrogen) atoms. The molecule has 0 heterocycles. The molecule has 0 saturated carbocycles. The van der Waals surface area contributed by atoms with Crippen molar-refractivity contribution in [3.8, 4) is 11.5 Å². The van der Waals surface area contributed by atoms with E-state index in [9.17, 15) is 0 Å². The lowest BCUT2D eigenvalue weighted by molar-refractivity contribution is 0.389. The zero-order chi connectivity index (χ0) is 12.3. The molecule has 1 aromatic carbocycles. The smallest absolute Gasteiger partial charge is 0.127 e. The van der Waals surface area contributed by atoms with Crippen molar-refractivity contribution in [2.24, 2.45) is 5.73 Å². The van der Waals surface area contributed by atoms with Gasteiger partial charge in [0.05, 0.1) is 20.3 Å². The molecule has 0 radical (unpaired) electrons. The number of hydrogen-bond acceptors (Lipinski definition) is 3. The lowest BCUT2D eigenvalue weighted by Gasteiger charge is -2.17. The summed E-state index contributed by atoms with van der Waals surface area (Å²) in [6.45, 7) is 0. The van der Waals surface area contributed by atoms with Gasteiger partial charge in [-0.05, 0) is 31.4 Å². The first kappa shape index (κ1) is 12.0. The Labute approximate surface area is 102 Å². The van der Waals surface area contributed by atoms with Crippen LogP contribution >= 0.6 is 0 Å². The van der Waals surface area contributed by atoms with Crippen LogP contribution in [0, 0.1) is 0 Å². The minimum atomic E-state index is -0.0571. The van der Waals surface area contributed by atoms with Crippen LogP contribution in [0.4, 0.5) is 0 Å². The fourth-order valence-electron chi connectivity index (χ4n) is 2.25. The van der Waals surface area contributed by atoms with Gasteiger partial charge in [-0.25, -0.2) is 0 Å². The zero-order valence-corrected chi connectivity index (χ0v) is 10.4. The fourth-order valence-corrected chi connectivity index (χ4v) is 2.25. The summed E-state index contributed by atoms with van der Waals surface area (Å²) in [5, 5.41) is 0. The highest BCUT2D eigenvalue weighted by Gasteiger charge is 2.18. The molecule has 3 nitrogen and oxygen atoms in total. The minimum Gasteiger partial charge on any atom is -0.497 e. The standard InChI is InChI=1S/C14H19NO2/c1-16-11-7-8-12(13(9-11)17-2)14(15)10-5-3-4-6-10/h5,7-9,14H,3-4,6,15H2,1-2H3. The van der Waals surface area contributed by atoms with Gasteiger partial charge in [-0.3, -0.25) is 0 Å². The Morgan fingerprint density at radius 1 is 1.24 bits per heavy atom. The van der Waals surface area contributed by atoms with Gasteiger partial charge in [0.15, 0.2) is 0 Å². The largest absolute Gasteiger partial charge is 0.497 e. The van der Waals surface area contributed by atoms with E-state index in [1.54, 1.807) is 14.2 Å². The molecule has 0 bridgehead atoms. The van der Waals surface area contributed by atoms with E-state index in [-0.39, 0.29) is 6.04 Å². The number of rotatable bonds is 4. The van der Waals surface area contributed by atoms with Gasteiger partial charge in [-0.1, -0.05) is 11.6 Å². The molecule has 92 valence electrons. The monoisotopic (exact) mass is 233 g/mol. The third kappa shape index (κ3) is 2.44. The van der Waals surface area contributed by atoms with Gasteiger partial charge < -0.3 is 15.2 Å². The normalized spacial score (nSPS) is 16.5. The average Bonchev–Trinajstić information content (AvgIpc) is 2.91. The molecule has 1 unspecified atom stereocenters. The van der Waals surface area contributed by atoms with Gasteiger partial charge in [0, 0.05) is 11.6 Å². The van der Waals surface area contributed by atoms with E-state index in [1.165, 1.54) is 12.0 Å². The van der Waals surface area contributed by atoms with Crippen molar-refractivity contribution in [1.82, 2.24) is 0 Å². The number of allylic oxidation sites excluding steroid dienone is 1. The van der Waals surface area contributed by atoms with Gasteiger partial charge in [0.1, 0.15) is 11.5 Å². The van der Waals surface area contributed by atoms with Crippen molar-refractivity contribution >= 4 is 0 Å². The summed E-state index contributed by atoms with van der Waals surface area (Å²) in [5.41, 5.74) is 8.62. The Hall–Kier alpha value is -1.48. The Morgan fingerprint density at radius 3 is 2.65 bits per heavy atom. The molecule has 0 aliphatic heterocycles. The Morgan fingerprint density at radius 2 is 2.06 bits per heavy atom. The summed E-state index contributed by atoms with van der Waals surface area (Å²) >= 11 is 0. The van der Waals surface area contributed by atoms with Gasteiger partial charge >= 0.3 is 0 Å². The topological polar surface area (TPSA) is 44.5 Å². The molecule has 1 atom stereocenters. The van der Waals surface area contributed by atoms with Crippen molar-refractivity contribution in [2.75, 3.05) is 14.2 Å². The van der Waals surface area contributed by atoms with Crippen LogP contribution in [0.1, 0.15) is 30.9 Å². The molecule has 1 aromatic rings. The van der Waals surface area contributed by atoms with E-state index < -0.39 is 0 Å². The molecule has 0 aromatic heterocycles. The maximum atomic E-state index is 6.28. The lowest BCUT2D eigenvalue weighted by Crippen LogP contribution is -2.13. The molecule has 0 fully saturated rings. The first-order chi connectivity index (χ1) is 8.26. The first-order valence-electron chi connectivity index (χ1n) is 5.92. The molecule has 0 amide bonds. The van der Waals surface area contributed by atoms with Gasteiger partial charge in [0.2, 0.25) is 0 Å². The Kier molecular flexibility index (Phi) is 3.69. The van der Waals surface area contributed by atoms with E-state index in [1.807, 2.05) is 18.2 Å². The van der Waals surface area contributed by atoms with Crippen LogP contribution in [0.15, 0.2) is 29.8 Å². The first-order valence-corrected chi connectivity index (χ1v) is 5.92. The molecular weight excluding hydrogens is 214 g/mol. The molecule has 0 saturated heterocycles. The zero-order valence-electron chi connectivity index (χ0n) is 10.4. The van der Waals surface area contributed by atoms with Crippen LogP contribution in [-0.4, -0.2) is 14.2 Å². The second-order valence-corrected chi connectivity index (χ2v) is 4.26. The second kappa shape index (κ2) is 5.23. The van der Waals surface area contributed by atoms with Crippen LogP contribution < -0.4 is 15.2 Å². The molecular formula is C14H19NO2. The Balaban J connectivity index is 2.30. The van der Waals surface area contributed by atoms with Crippen molar-refractivity contribution in [2.45, 2.75) is 25.3 Å². The maximum absolute atomic E-state index is 6.28. The minimum absolute atomic E-state index is 0.0571. The van der Waals surface area contributed by atoms with Gasteiger partial charge in [-0.15, -0.1) is 0 Å². The van der Waals surface area contributed by atoms with E-state index in [0.29, 0.717) is 0 Å². The van der Waals surface area contributed by atoms with E-state index >= 15 is 0 Å². The van der Waals surface area contributed by atoms with Crippen LogP contribution in [0.25, 0.3) is 0 Å². The van der Waals surface area contributed by atoms with Crippen LogP contribution in [0.5, 0.6) is 11.5 Å². The summed E-state index contributed by atoms with van der Waals surface area (Å²) in [5.74, 6) is 1.59. The third-order valence-electron chi connectivity index (χ3n) is 3.25. The van der Waals surface area contributed by atoms with Crippen molar-refractivity contribution in [3.05, 3.63) is 35.4 Å². The van der Waals surface area contributed by atoms with Crippen molar-refractivity contribution < 1.29 is 9.47 Å².